The van der Waals surface area contributed by atoms with E-state index < -0.39 is 43.1 Å². The lowest BCUT2D eigenvalue weighted by molar-refractivity contribution is -0.232. The van der Waals surface area contributed by atoms with Crippen molar-refractivity contribution in [1.82, 2.24) is 0 Å². The van der Waals surface area contributed by atoms with Gasteiger partial charge < -0.3 is 34.6 Å². The van der Waals surface area contributed by atoms with E-state index in [9.17, 15) is 20.1 Å². The maximum Gasteiger partial charge on any atom is 0.333 e. The Bertz CT molecular complexity index is 370. The van der Waals surface area contributed by atoms with Crippen molar-refractivity contribution in [3.63, 3.8) is 0 Å². The van der Waals surface area contributed by atoms with Gasteiger partial charge in [-0.25, -0.2) is 4.79 Å². The topological polar surface area (TPSA) is 126 Å². The third kappa shape index (κ3) is 5.31. The molecule has 1 fully saturated rings. The van der Waals surface area contributed by atoms with Crippen LogP contribution in [0.15, 0.2) is 12.2 Å². The molecule has 0 aromatic rings. The van der Waals surface area contributed by atoms with Gasteiger partial charge >= 0.3 is 5.97 Å². The second kappa shape index (κ2) is 9.19. The second-order valence-electron chi connectivity index (χ2n) is 5.18. The number of aliphatic hydroxyl groups is 4. The molecule has 22 heavy (non-hydrogen) atoms. The van der Waals surface area contributed by atoms with Crippen LogP contribution in [0.25, 0.3) is 0 Å². The Kier molecular flexibility index (Phi) is 7.94. The van der Waals surface area contributed by atoms with E-state index in [0.717, 1.165) is 0 Å². The zero-order valence-electron chi connectivity index (χ0n) is 12.6. The molecule has 1 saturated heterocycles. The minimum Gasteiger partial charge on any atom is -0.460 e. The highest BCUT2D eigenvalue weighted by atomic mass is 16.6. The Morgan fingerprint density at radius 1 is 1.09 bits per heavy atom. The van der Waals surface area contributed by atoms with Gasteiger partial charge in [0.2, 0.25) is 0 Å². The molecule has 1 heterocycles. The maximum atomic E-state index is 11.1. The summed E-state index contributed by atoms with van der Waals surface area (Å²) in [6, 6.07) is 0. The molecule has 4 N–H and O–H groups in total. The molecular formula is C14H24O8. The van der Waals surface area contributed by atoms with Gasteiger partial charge in [-0.2, -0.15) is 0 Å². The van der Waals surface area contributed by atoms with Crippen LogP contribution < -0.4 is 0 Å². The number of hydrogen-bond donors (Lipinski definition) is 4. The third-order valence-electron chi connectivity index (χ3n) is 3.35. The van der Waals surface area contributed by atoms with Crippen LogP contribution in [0, 0.1) is 0 Å². The van der Waals surface area contributed by atoms with Crippen LogP contribution in [0.4, 0.5) is 0 Å². The SMILES string of the molecule is C=C(C)C(=O)OCCOCC[C@@H]1O[C@H](CO)[C@@H](O)[C@H](O)[C@H]1O. The number of ether oxygens (including phenoxy) is 3. The van der Waals surface area contributed by atoms with E-state index in [1.807, 2.05) is 0 Å². The van der Waals surface area contributed by atoms with Crippen LogP contribution in [-0.4, -0.2) is 83.3 Å². The fourth-order valence-corrected chi connectivity index (χ4v) is 2.04. The molecule has 1 rings (SSSR count). The highest BCUT2D eigenvalue weighted by molar-refractivity contribution is 5.86. The molecule has 128 valence electrons. The molecule has 0 bridgehead atoms. The van der Waals surface area contributed by atoms with E-state index >= 15 is 0 Å². The standard InChI is InChI=1S/C14H24O8/c1-8(2)14(19)21-6-5-20-4-3-9-11(16)13(18)12(17)10(7-15)22-9/h9-13,15-18H,1,3-7H2,2H3/t9-,10+,11-,12+,13+/m0/s1. The zero-order chi connectivity index (χ0) is 16.7. The summed E-state index contributed by atoms with van der Waals surface area (Å²) in [5, 5.41) is 38.1. The normalized spacial score (nSPS) is 31.8. The summed E-state index contributed by atoms with van der Waals surface area (Å²) in [4.78, 5) is 11.1. The van der Waals surface area contributed by atoms with E-state index in [4.69, 9.17) is 19.3 Å². The highest BCUT2D eigenvalue weighted by Gasteiger charge is 2.42. The van der Waals surface area contributed by atoms with Gasteiger partial charge in [-0.3, -0.25) is 0 Å². The van der Waals surface area contributed by atoms with Crippen molar-refractivity contribution < 1.29 is 39.4 Å². The summed E-state index contributed by atoms with van der Waals surface area (Å²) in [6.07, 6.45) is -5.42. The van der Waals surface area contributed by atoms with Gasteiger partial charge in [0.25, 0.3) is 0 Å². The Hall–Kier alpha value is -1.03. The molecule has 0 aromatic carbocycles. The van der Waals surface area contributed by atoms with Gasteiger partial charge in [-0.1, -0.05) is 6.58 Å². The first kappa shape index (κ1) is 19.0. The summed E-state index contributed by atoms with van der Waals surface area (Å²) in [5.41, 5.74) is 0.307. The van der Waals surface area contributed by atoms with E-state index in [-0.39, 0.29) is 26.2 Å². The van der Waals surface area contributed by atoms with Gasteiger partial charge in [0.05, 0.1) is 19.3 Å². The predicted molar refractivity (Wildman–Crippen MR) is 75.0 cm³/mol. The average molecular weight is 320 g/mol. The van der Waals surface area contributed by atoms with Crippen LogP contribution in [0.2, 0.25) is 0 Å². The quantitative estimate of drug-likeness (QED) is 0.238. The molecule has 0 amide bonds. The van der Waals surface area contributed by atoms with Crippen LogP contribution in [-0.2, 0) is 19.0 Å². The molecule has 5 atom stereocenters. The molecule has 0 unspecified atom stereocenters. The lowest BCUT2D eigenvalue weighted by Crippen LogP contribution is -2.58. The first-order chi connectivity index (χ1) is 10.4. The van der Waals surface area contributed by atoms with Crippen LogP contribution in [0.1, 0.15) is 13.3 Å². The molecule has 1 aliphatic heterocycles. The number of carbonyl (C=O) groups is 1. The molecule has 0 radical (unpaired) electrons. The van der Waals surface area contributed by atoms with Crippen molar-refractivity contribution in [2.24, 2.45) is 0 Å². The molecular weight excluding hydrogens is 296 g/mol. The monoisotopic (exact) mass is 320 g/mol. The second-order valence-corrected chi connectivity index (χ2v) is 5.18. The first-order valence-electron chi connectivity index (χ1n) is 7.09. The molecule has 8 nitrogen and oxygen atoms in total. The predicted octanol–water partition coefficient (Wildman–Crippen LogP) is -1.65. The fourth-order valence-electron chi connectivity index (χ4n) is 2.04. The van der Waals surface area contributed by atoms with E-state index in [1.54, 1.807) is 6.92 Å². The Balaban J connectivity index is 2.23. The first-order valence-corrected chi connectivity index (χ1v) is 7.09. The van der Waals surface area contributed by atoms with Gasteiger partial charge in [-0.05, 0) is 13.3 Å². The molecule has 0 aliphatic carbocycles. The third-order valence-corrected chi connectivity index (χ3v) is 3.35. The average Bonchev–Trinajstić information content (AvgIpc) is 2.49. The number of aliphatic hydroxyl groups excluding tert-OH is 4. The highest BCUT2D eigenvalue weighted by Crippen LogP contribution is 2.23. The number of hydrogen-bond acceptors (Lipinski definition) is 8. The van der Waals surface area contributed by atoms with E-state index in [0.29, 0.717) is 5.57 Å². The Morgan fingerprint density at radius 2 is 1.73 bits per heavy atom. The summed E-state index contributed by atoms with van der Waals surface area (Å²) in [6.45, 7) is 4.99. The lowest BCUT2D eigenvalue weighted by Gasteiger charge is -2.40. The van der Waals surface area contributed by atoms with Crippen molar-refractivity contribution in [2.45, 2.75) is 43.9 Å². The fraction of sp³-hybridized carbons (Fsp3) is 0.786. The summed E-state index contributed by atoms with van der Waals surface area (Å²) in [7, 11) is 0. The van der Waals surface area contributed by atoms with Crippen LogP contribution >= 0.6 is 0 Å². The Morgan fingerprint density at radius 3 is 2.32 bits per heavy atom. The molecule has 1 aliphatic rings. The number of esters is 1. The molecule has 0 aromatic heterocycles. The van der Waals surface area contributed by atoms with Crippen molar-refractivity contribution in [3.05, 3.63) is 12.2 Å². The van der Waals surface area contributed by atoms with E-state index in [1.165, 1.54) is 0 Å². The molecule has 0 saturated carbocycles. The minimum absolute atomic E-state index is 0.0837. The zero-order valence-corrected chi connectivity index (χ0v) is 12.6. The summed E-state index contributed by atoms with van der Waals surface area (Å²) >= 11 is 0. The lowest BCUT2D eigenvalue weighted by atomic mass is 9.94. The van der Waals surface area contributed by atoms with Crippen molar-refractivity contribution in [2.75, 3.05) is 26.4 Å². The van der Waals surface area contributed by atoms with Crippen molar-refractivity contribution in [3.8, 4) is 0 Å². The Labute approximate surface area is 128 Å². The number of carbonyl (C=O) groups excluding carboxylic acids is 1. The van der Waals surface area contributed by atoms with E-state index in [2.05, 4.69) is 6.58 Å². The number of rotatable bonds is 8. The maximum absolute atomic E-state index is 11.1. The smallest absolute Gasteiger partial charge is 0.333 e. The largest absolute Gasteiger partial charge is 0.460 e. The van der Waals surface area contributed by atoms with Crippen molar-refractivity contribution in [1.29, 1.82) is 0 Å². The van der Waals surface area contributed by atoms with Gasteiger partial charge in [0.15, 0.2) is 0 Å². The van der Waals surface area contributed by atoms with Crippen molar-refractivity contribution >= 4 is 5.97 Å². The summed E-state index contributed by atoms with van der Waals surface area (Å²) in [5.74, 6) is -0.488. The van der Waals surface area contributed by atoms with Crippen LogP contribution in [0.3, 0.4) is 0 Å². The minimum atomic E-state index is -1.38. The van der Waals surface area contributed by atoms with Gasteiger partial charge in [-0.15, -0.1) is 0 Å². The summed E-state index contributed by atoms with van der Waals surface area (Å²) < 4.78 is 15.4. The molecule has 0 spiro atoms. The molecule has 8 heteroatoms. The van der Waals surface area contributed by atoms with Gasteiger partial charge in [0, 0.05) is 12.2 Å². The van der Waals surface area contributed by atoms with Gasteiger partial charge in [0.1, 0.15) is 31.0 Å². The van der Waals surface area contributed by atoms with Crippen LogP contribution in [0.5, 0.6) is 0 Å².